The molecule has 0 aliphatic rings. The van der Waals surface area contributed by atoms with Crippen LogP contribution in [0.4, 0.5) is 5.00 Å². The van der Waals surface area contributed by atoms with Crippen LogP contribution >= 0.6 is 34.7 Å². The van der Waals surface area contributed by atoms with E-state index in [0.717, 1.165) is 16.9 Å². The maximum Gasteiger partial charge on any atom is 0.341 e. The highest BCUT2D eigenvalue weighted by Crippen LogP contribution is 2.30. The minimum atomic E-state index is -0.441. The molecular formula is C23H27ClN4O4S2. The molecule has 34 heavy (non-hydrogen) atoms. The van der Waals surface area contributed by atoms with Crippen LogP contribution in [0.15, 0.2) is 29.4 Å². The van der Waals surface area contributed by atoms with Gasteiger partial charge in [-0.05, 0) is 57.0 Å². The van der Waals surface area contributed by atoms with Crippen LogP contribution in [0.2, 0.25) is 5.02 Å². The number of hydrogen-bond acceptors (Lipinski definition) is 8. The summed E-state index contributed by atoms with van der Waals surface area (Å²) >= 11 is 8.65. The van der Waals surface area contributed by atoms with Crippen LogP contribution in [-0.2, 0) is 23.0 Å². The number of benzene rings is 1. The number of aromatic nitrogens is 3. The largest absolute Gasteiger partial charge is 0.482 e. The van der Waals surface area contributed by atoms with Gasteiger partial charge in [-0.2, -0.15) is 0 Å². The summed E-state index contributed by atoms with van der Waals surface area (Å²) in [5.74, 6) is 0.773. The summed E-state index contributed by atoms with van der Waals surface area (Å²) in [4.78, 5) is 25.8. The van der Waals surface area contributed by atoms with Crippen molar-refractivity contribution in [2.45, 2.75) is 45.4 Å². The number of amides is 1. The standard InChI is InChI=1S/C23H27ClN4O4S2/c1-6-16-11-17(22(30)31-7-2)21(34-16)25-19(29)12-33-23-27-26-20(28(23)5)14(4)32-18-9-8-15(24)10-13(18)3/h8-11,14H,6-7,12H2,1-5H3,(H,25,29). The zero-order valence-electron chi connectivity index (χ0n) is 19.7. The number of nitrogens with one attached hydrogen (secondary N) is 1. The fraction of sp³-hybridized carbons (Fsp3) is 0.391. The average Bonchev–Trinajstić information content (AvgIpc) is 3.37. The minimum Gasteiger partial charge on any atom is -0.482 e. The molecule has 0 saturated carbocycles. The van der Waals surface area contributed by atoms with Gasteiger partial charge in [0.15, 0.2) is 17.1 Å². The first-order valence-corrected chi connectivity index (χ1v) is 13.0. The topological polar surface area (TPSA) is 95.3 Å². The molecule has 2 aromatic heterocycles. The van der Waals surface area contributed by atoms with E-state index in [-0.39, 0.29) is 24.4 Å². The highest BCUT2D eigenvalue weighted by atomic mass is 35.5. The molecule has 182 valence electrons. The lowest BCUT2D eigenvalue weighted by Gasteiger charge is -2.16. The van der Waals surface area contributed by atoms with Crippen molar-refractivity contribution in [3.05, 3.63) is 51.1 Å². The van der Waals surface area contributed by atoms with E-state index in [2.05, 4.69) is 15.5 Å². The summed E-state index contributed by atoms with van der Waals surface area (Å²) in [6.07, 6.45) is 0.408. The number of halogens is 1. The molecule has 1 atom stereocenters. The van der Waals surface area contributed by atoms with Gasteiger partial charge in [0, 0.05) is 16.9 Å². The fourth-order valence-electron chi connectivity index (χ4n) is 3.16. The first kappa shape index (κ1) is 26.1. The molecular weight excluding hydrogens is 496 g/mol. The number of ether oxygens (including phenoxy) is 2. The van der Waals surface area contributed by atoms with E-state index in [4.69, 9.17) is 21.1 Å². The summed E-state index contributed by atoms with van der Waals surface area (Å²) in [5.41, 5.74) is 1.31. The van der Waals surface area contributed by atoms with E-state index in [1.165, 1.54) is 23.1 Å². The number of hydrogen-bond donors (Lipinski definition) is 1. The van der Waals surface area contributed by atoms with Gasteiger partial charge in [0.05, 0.1) is 17.9 Å². The van der Waals surface area contributed by atoms with Gasteiger partial charge in [-0.3, -0.25) is 4.79 Å². The molecule has 3 rings (SSSR count). The Morgan fingerprint density at radius 3 is 2.71 bits per heavy atom. The fourth-order valence-corrected chi connectivity index (χ4v) is 5.10. The van der Waals surface area contributed by atoms with E-state index >= 15 is 0 Å². The van der Waals surface area contributed by atoms with Crippen molar-refractivity contribution < 1.29 is 19.1 Å². The Morgan fingerprint density at radius 2 is 2.03 bits per heavy atom. The van der Waals surface area contributed by atoms with Crippen molar-refractivity contribution in [2.75, 3.05) is 17.7 Å². The van der Waals surface area contributed by atoms with Crippen LogP contribution in [0, 0.1) is 6.92 Å². The molecule has 8 nitrogen and oxygen atoms in total. The van der Waals surface area contributed by atoms with Gasteiger partial charge < -0.3 is 19.4 Å². The lowest BCUT2D eigenvalue weighted by Crippen LogP contribution is -2.16. The van der Waals surface area contributed by atoms with Crippen LogP contribution in [0.25, 0.3) is 0 Å². The molecule has 1 N–H and O–H groups in total. The summed E-state index contributed by atoms with van der Waals surface area (Å²) in [5, 5.41) is 13.0. The Balaban J connectivity index is 1.63. The first-order chi connectivity index (χ1) is 16.2. The summed E-state index contributed by atoms with van der Waals surface area (Å²) in [7, 11) is 1.83. The number of nitrogens with zero attached hydrogens (tertiary/aromatic N) is 3. The van der Waals surface area contributed by atoms with Crippen molar-refractivity contribution in [3.63, 3.8) is 0 Å². The third-order valence-corrected chi connectivity index (χ3v) is 7.34. The predicted molar refractivity (Wildman–Crippen MR) is 135 cm³/mol. The van der Waals surface area contributed by atoms with Gasteiger partial charge in [-0.1, -0.05) is 30.3 Å². The molecule has 0 spiro atoms. The van der Waals surface area contributed by atoms with Crippen LogP contribution < -0.4 is 10.1 Å². The minimum absolute atomic E-state index is 0.110. The molecule has 1 unspecified atom stereocenters. The maximum atomic E-state index is 12.6. The third-order valence-electron chi connectivity index (χ3n) is 4.89. The second-order valence-corrected chi connectivity index (χ2v) is 9.95. The van der Waals surface area contributed by atoms with Gasteiger partial charge in [0.2, 0.25) is 5.91 Å². The number of carbonyl (C=O) groups excluding carboxylic acids is 2. The van der Waals surface area contributed by atoms with Gasteiger partial charge in [-0.25, -0.2) is 4.79 Å². The maximum absolute atomic E-state index is 12.6. The number of thiophene rings is 1. The molecule has 0 saturated heterocycles. The van der Waals surface area contributed by atoms with E-state index in [1.54, 1.807) is 23.6 Å². The van der Waals surface area contributed by atoms with Gasteiger partial charge in [0.1, 0.15) is 10.8 Å². The molecule has 0 aliphatic heterocycles. The number of esters is 1. The number of thioether (sulfide) groups is 1. The molecule has 0 aliphatic carbocycles. The zero-order chi connectivity index (χ0) is 24.8. The molecule has 1 aromatic carbocycles. The van der Waals surface area contributed by atoms with E-state index < -0.39 is 5.97 Å². The highest BCUT2D eigenvalue weighted by molar-refractivity contribution is 7.99. The number of carbonyl (C=O) groups is 2. The number of aryl methyl sites for hydroxylation is 2. The number of rotatable bonds is 10. The van der Waals surface area contributed by atoms with Crippen LogP contribution in [0.5, 0.6) is 5.75 Å². The second kappa shape index (κ2) is 11.7. The molecule has 1 amide bonds. The van der Waals surface area contributed by atoms with E-state index in [0.29, 0.717) is 32.3 Å². The Kier molecular flexibility index (Phi) is 8.98. The molecule has 0 bridgehead atoms. The van der Waals surface area contributed by atoms with Crippen molar-refractivity contribution in [2.24, 2.45) is 7.05 Å². The van der Waals surface area contributed by atoms with Gasteiger partial charge >= 0.3 is 5.97 Å². The quantitative estimate of drug-likeness (QED) is 0.279. The zero-order valence-corrected chi connectivity index (χ0v) is 22.1. The van der Waals surface area contributed by atoms with Gasteiger partial charge in [-0.15, -0.1) is 21.5 Å². The monoisotopic (exact) mass is 522 g/mol. The normalized spacial score (nSPS) is 11.8. The molecule has 2 heterocycles. The van der Waals surface area contributed by atoms with Gasteiger partial charge in [0.25, 0.3) is 0 Å². The lowest BCUT2D eigenvalue weighted by atomic mass is 10.2. The highest BCUT2D eigenvalue weighted by Gasteiger charge is 2.21. The smallest absolute Gasteiger partial charge is 0.341 e. The van der Waals surface area contributed by atoms with Crippen molar-refractivity contribution in [1.82, 2.24) is 14.8 Å². The van der Waals surface area contributed by atoms with Crippen LogP contribution in [0.3, 0.4) is 0 Å². The third kappa shape index (κ3) is 6.31. The Morgan fingerprint density at radius 1 is 1.26 bits per heavy atom. The summed E-state index contributed by atoms with van der Waals surface area (Å²) in [6.45, 7) is 7.82. The second-order valence-electron chi connectivity index (χ2n) is 7.44. The molecule has 11 heteroatoms. The molecule has 0 fully saturated rings. The van der Waals surface area contributed by atoms with Crippen molar-refractivity contribution in [1.29, 1.82) is 0 Å². The predicted octanol–water partition coefficient (Wildman–Crippen LogP) is 5.45. The molecule has 0 radical (unpaired) electrons. The Labute approximate surface area is 212 Å². The van der Waals surface area contributed by atoms with E-state index in [9.17, 15) is 9.59 Å². The summed E-state index contributed by atoms with van der Waals surface area (Å²) < 4.78 is 12.9. The van der Waals surface area contributed by atoms with Crippen molar-refractivity contribution >= 4 is 51.6 Å². The van der Waals surface area contributed by atoms with E-state index in [1.807, 2.05) is 40.0 Å². The Hall–Kier alpha value is -2.56. The lowest BCUT2D eigenvalue weighted by molar-refractivity contribution is -0.113. The first-order valence-electron chi connectivity index (χ1n) is 10.8. The van der Waals surface area contributed by atoms with Crippen LogP contribution in [-0.4, -0.2) is 39.0 Å². The van der Waals surface area contributed by atoms with Crippen molar-refractivity contribution in [3.8, 4) is 5.75 Å². The van der Waals surface area contributed by atoms with Crippen LogP contribution in [0.1, 0.15) is 53.5 Å². The molecule has 3 aromatic rings. The summed E-state index contributed by atoms with van der Waals surface area (Å²) in [6, 6.07) is 7.20. The average molecular weight is 523 g/mol. The number of anilines is 1. The Bertz CT molecular complexity index is 1180. The SMILES string of the molecule is CCOC(=O)c1cc(CC)sc1NC(=O)CSc1nnc(C(C)Oc2ccc(Cl)cc2C)n1C.